The third-order valence-corrected chi connectivity index (χ3v) is 4.14. The number of aromatic nitrogens is 4. The molecule has 0 unspecified atom stereocenters. The van der Waals surface area contributed by atoms with E-state index in [-0.39, 0.29) is 0 Å². The fraction of sp³-hybridized carbons (Fsp3) is 0.0769. The quantitative estimate of drug-likeness (QED) is 0.801. The highest BCUT2D eigenvalue weighted by atomic mass is 32.2. The van der Waals surface area contributed by atoms with Crippen LogP contribution in [0.4, 0.5) is 0 Å². The molecule has 0 bridgehead atoms. The van der Waals surface area contributed by atoms with E-state index in [2.05, 4.69) is 26.2 Å². The summed E-state index contributed by atoms with van der Waals surface area (Å²) in [5.74, 6) is 0.825. The van der Waals surface area contributed by atoms with Gasteiger partial charge in [0.15, 0.2) is 0 Å². The molecule has 3 heterocycles. The summed E-state index contributed by atoms with van der Waals surface area (Å²) >= 11 is 3.03. The van der Waals surface area contributed by atoms with Gasteiger partial charge in [0.25, 0.3) is 0 Å². The molecule has 3 rings (SSSR count). The third-order valence-electron chi connectivity index (χ3n) is 2.47. The van der Waals surface area contributed by atoms with Gasteiger partial charge in [0.1, 0.15) is 22.6 Å². The second-order valence-corrected chi connectivity index (χ2v) is 5.92. The lowest BCUT2D eigenvalue weighted by Gasteiger charge is -1.95. The largest absolute Gasteiger partial charge is 0.262 e. The van der Waals surface area contributed by atoms with Crippen LogP contribution in [-0.2, 0) is 6.42 Å². The lowest BCUT2D eigenvalue weighted by Crippen LogP contribution is -1.87. The molecule has 98 valence electrons. The molecule has 3 aromatic heterocycles. The molecule has 20 heavy (non-hydrogen) atoms. The highest BCUT2D eigenvalue weighted by molar-refractivity contribution is 7.99. The summed E-state index contributed by atoms with van der Waals surface area (Å²) in [5, 5.41) is 19.3. The molecule has 0 atom stereocenters. The molecule has 0 aliphatic heterocycles. The van der Waals surface area contributed by atoms with Crippen LogP contribution in [0.25, 0.3) is 0 Å². The van der Waals surface area contributed by atoms with Crippen LogP contribution in [0.5, 0.6) is 0 Å². The monoisotopic (exact) mass is 299 g/mol. The first-order valence-corrected chi connectivity index (χ1v) is 7.52. The SMILES string of the molecule is N#Cc1cccc(Sc2n[nH]c(Cc3cccs3)n2)n1. The molecular weight excluding hydrogens is 290 g/mol. The molecule has 1 N–H and O–H groups in total. The molecule has 0 aliphatic carbocycles. The second-order valence-electron chi connectivity index (χ2n) is 3.90. The number of hydrogen-bond donors (Lipinski definition) is 1. The molecule has 0 spiro atoms. The van der Waals surface area contributed by atoms with Crippen LogP contribution in [-0.4, -0.2) is 20.2 Å². The topological polar surface area (TPSA) is 78.2 Å². The Labute approximate surface area is 123 Å². The van der Waals surface area contributed by atoms with Gasteiger partial charge < -0.3 is 0 Å². The average Bonchev–Trinajstić information content (AvgIpc) is 3.12. The van der Waals surface area contributed by atoms with Crippen molar-refractivity contribution in [3.8, 4) is 6.07 Å². The maximum atomic E-state index is 8.82. The van der Waals surface area contributed by atoms with Crippen molar-refractivity contribution in [2.24, 2.45) is 0 Å². The Hall–Kier alpha value is -2.17. The predicted octanol–water partition coefficient (Wildman–Crippen LogP) is 2.87. The fourth-order valence-electron chi connectivity index (χ4n) is 1.61. The Balaban J connectivity index is 1.72. The van der Waals surface area contributed by atoms with Crippen molar-refractivity contribution < 1.29 is 0 Å². The van der Waals surface area contributed by atoms with Gasteiger partial charge in [-0.3, -0.25) is 5.10 Å². The number of pyridine rings is 1. The van der Waals surface area contributed by atoms with Crippen molar-refractivity contribution in [1.29, 1.82) is 5.26 Å². The molecule has 0 aromatic carbocycles. The maximum absolute atomic E-state index is 8.82. The van der Waals surface area contributed by atoms with Gasteiger partial charge in [-0.15, -0.1) is 16.4 Å². The van der Waals surface area contributed by atoms with Gasteiger partial charge in [-0.2, -0.15) is 5.26 Å². The minimum absolute atomic E-state index is 0.393. The van der Waals surface area contributed by atoms with Gasteiger partial charge in [0.05, 0.1) is 0 Å². The number of H-pyrrole nitrogens is 1. The van der Waals surface area contributed by atoms with Crippen LogP contribution in [0.2, 0.25) is 0 Å². The van der Waals surface area contributed by atoms with Gasteiger partial charge in [-0.1, -0.05) is 12.1 Å². The number of nitriles is 1. The van der Waals surface area contributed by atoms with E-state index >= 15 is 0 Å². The van der Waals surface area contributed by atoms with Gasteiger partial charge in [-0.05, 0) is 35.3 Å². The molecule has 0 aliphatic rings. The summed E-state index contributed by atoms with van der Waals surface area (Å²) in [6.07, 6.45) is 0.747. The normalized spacial score (nSPS) is 10.3. The fourth-order valence-corrected chi connectivity index (χ4v) is 3.04. The maximum Gasteiger partial charge on any atom is 0.214 e. The lowest BCUT2D eigenvalue weighted by atomic mass is 10.3. The van der Waals surface area contributed by atoms with Crippen molar-refractivity contribution >= 4 is 23.1 Å². The smallest absolute Gasteiger partial charge is 0.214 e. The first-order chi connectivity index (χ1) is 9.83. The molecular formula is C13H9N5S2. The number of thiophene rings is 1. The number of nitrogens with zero attached hydrogens (tertiary/aromatic N) is 4. The lowest BCUT2D eigenvalue weighted by molar-refractivity contribution is 0.956. The number of aromatic amines is 1. The predicted molar refractivity (Wildman–Crippen MR) is 76.6 cm³/mol. The van der Waals surface area contributed by atoms with Crippen LogP contribution in [0.3, 0.4) is 0 Å². The molecule has 5 nitrogen and oxygen atoms in total. The summed E-state index contributed by atoms with van der Waals surface area (Å²) in [6, 6.07) is 11.4. The molecule has 7 heteroatoms. The van der Waals surface area contributed by atoms with E-state index in [1.807, 2.05) is 23.6 Å². The van der Waals surface area contributed by atoms with Crippen molar-refractivity contribution in [3.63, 3.8) is 0 Å². The second kappa shape index (κ2) is 5.86. The van der Waals surface area contributed by atoms with E-state index in [1.54, 1.807) is 23.5 Å². The minimum Gasteiger partial charge on any atom is -0.262 e. The Morgan fingerprint density at radius 1 is 1.25 bits per heavy atom. The Bertz CT molecular complexity index is 742. The zero-order chi connectivity index (χ0) is 13.8. The van der Waals surface area contributed by atoms with E-state index in [4.69, 9.17) is 5.26 Å². The van der Waals surface area contributed by atoms with Gasteiger partial charge in [0.2, 0.25) is 5.16 Å². The Kier molecular flexibility index (Phi) is 3.76. The first-order valence-electron chi connectivity index (χ1n) is 5.82. The molecule has 0 fully saturated rings. The number of hydrogen-bond acceptors (Lipinski definition) is 6. The standard InChI is InChI=1S/C13H9N5S2/c14-8-9-3-1-5-12(15-9)20-13-16-11(17-18-13)7-10-4-2-6-19-10/h1-6H,7H2,(H,16,17,18). The van der Waals surface area contributed by atoms with Gasteiger partial charge in [-0.25, -0.2) is 9.97 Å². The third kappa shape index (κ3) is 3.04. The molecule has 0 radical (unpaired) electrons. The average molecular weight is 299 g/mol. The molecule has 3 aromatic rings. The van der Waals surface area contributed by atoms with E-state index in [0.29, 0.717) is 15.9 Å². The van der Waals surface area contributed by atoms with Crippen molar-refractivity contribution in [1.82, 2.24) is 20.2 Å². The summed E-state index contributed by atoms with van der Waals surface area (Å²) in [7, 11) is 0. The van der Waals surface area contributed by atoms with Crippen LogP contribution in [0.15, 0.2) is 45.9 Å². The van der Waals surface area contributed by atoms with E-state index in [9.17, 15) is 0 Å². The van der Waals surface area contributed by atoms with Crippen molar-refractivity contribution in [3.05, 3.63) is 52.1 Å². The van der Waals surface area contributed by atoms with Crippen LogP contribution in [0, 0.1) is 11.3 Å². The minimum atomic E-state index is 0.393. The molecule has 0 saturated carbocycles. The summed E-state index contributed by atoms with van der Waals surface area (Å²) in [4.78, 5) is 9.84. The van der Waals surface area contributed by atoms with Crippen LogP contribution >= 0.6 is 23.1 Å². The Morgan fingerprint density at radius 2 is 2.20 bits per heavy atom. The van der Waals surface area contributed by atoms with E-state index < -0.39 is 0 Å². The first kappa shape index (κ1) is 12.8. The molecule has 0 saturated heterocycles. The van der Waals surface area contributed by atoms with Crippen molar-refractivity contribution in [2.75, 3.05) is 0 Å². The Morgan fingerprint density at radius 3 is 3.00 bits per heavy atom. The van der Waals surface area contributed by atoms with Crippen molar-refractivity contribution in [2.45, 2.75) is 16.6 Å². The highest BCUT2D eigenvalue weighted by Gasteiger charge is 2.08. The zero-order valence-electron chi connectivity index (χ0n) is 10.3. The zero-order valence-corrected chi connectivity index (χ0v) is 11.9. The summed E-state index contributed by atoms with van der Waals surface area (Å²) < 4.78 is 0. The summed E-state index contributed by atoms with van der Waals surface area (Å²) in [5.41, 5.74) is 0.393. The number of nitrogens with one attached hydrogen (secondary N) is 1. The van der Waals surface area contributed by atoms with Crippen LogP contribution in [0.1, 0.15) is 16.4 Å². The molecule has 0 amide bonds. The highest BCUT2D eigenvalue weighted by Crippen LogP contribution is 2.23. The summed E-state index contributed by atoms with van der Waals surface area (Å²) in [6.45, 7) is 0. The van der Waals surface area contributed by atoms with E-state index in [0.717, 1.165) is 12.2 Å². The van der Waals surface area contributed by atoms with Gasteiger partial charge >= 0.3 is 0 Å². The van der Waals surface area contributed by atoms with E-state index in [1.165, 1.54) is 16.6 Å². The van der Waals surface area contributed by atoms with Gasteiger partial charge in [0, 0.05) is 11.3 Å². The number of rotatable bonds is 4. The van der Waals surface area contributed by atoms with Crippen LogP contribution < -0.4 is 0 Å².